The summed E-state index contributed by atoms with van der Waals surface area (Å²) in [6.45, 7) is 3.04. The van der Waals surface area contributed by atoms with Gasteiger partial charge in [0.15, 0.2) is 11.5 Å². The fourth-order valence-electron chi connectivity index (χ4n) is 4.94. The van der Waals surface area contributed by atoms with E-state index in [2.05, 4.69) is 51.2 Å². The fourth-order valence-corrected chi connectivity index (χ4v) is 4.94. The molecule has 34 heavy (non-hydrogen) atoms. The van der Waals surface area contributed by atoms with E-state index >= 15 is 0 Å². The summed E-state index contributed by atoms with van der Waals surface area (Å²) in [5, 5.41) is 0. The molecule has 0 N–H and O–H groups in total. The van der Waals surface area contributed by atoms with E-state index in [1.165, 1.54) is 11.1 Å². The minimum atomic E-state index is -0.0690. The third kappa shape index (κ3) is 4.60. The third-order valence-corrected chi connectivity index (χ3v) is 6.70. The average molecular weight is 456 g/mol. The van der Waals surface area contributed by atoms with Gasteiger partial charge in [0, 0.05) is 35.2 Å². The average Bonchev–Trinajstić information content (AvgIpc) is 3.43. The van der Waals surface area contributed by atoms with E-state index in [0.717, 1.165) is 35.2 Å². The van der Waals surface area contributed by atoms with E-state index in [1.807, 2.05) is 35.2 Å². The van der Waals surface area contributed by atoms with Crippen LogP contribution in [0.15, 0.2) is 65.1 Å². The maximum absolute atomic E-state index is 13.1. The van der Waals surface area contributed by atoms with E-state index in [-0.39, 0.29) is 11.3 Å². The van der Waals surface area contributed by atoms with Gasteiger partial charge < -0.3 is 18.5 Å². The Morgan fingerprint density at radius 3 is 2.50 bits per heavy atom. The van der Waals surface area contributed by atoms with Crippen molar-refractivity contribution in [3.8, 4) is 17.6 Å². The zero-order valence-electron chi connectivity index (χ0n) is 20.1. The molecule has 1 aromatic heterocycles. The highest BCUT2D eigenvalue weighted by Gasteiger charge is 2.44. The number of piperidine rings is 1. The number of amides is 1. The number of ether oxygens (including phenoxy) is 1. The summed E-state index contributed by atoms with van der Waals surface area (Å²) < 4.78 is 12.7. The molecule has 0 radical (unpaired) electrons. The number of rotatable bonds is 3. The molecule has 0 bridgehead atoms. The summed E-state index contributed by atoms with van der Waals surface area (Å²) in [5.74, 6) is 7.86. The van der Waals surface area contributed by atoms with Crippen molar-refractivity contribution >= 4 is 5.91 Å². The van der Waals surface area contributed by atoms with Crippen LogP contribution in [0, 0.1) is 11.8 Å². The van der Waals surface area contributed by atoms with Crippen molar-refractivity contribution < 1.29 is 18.4 Å². The van der Waals surface area contributed by atoms with Gasteiger partial charge in [-0.2, -0.15) is 0 Å². The van der Waals surface area contributed by atoms with Crippen molar-refractivity contribution in [2.24, 2.45) is 0 Å². The molecule has 2 aliphatic rings. The molecule has 5 heteroatoms. The van der Waals surface area contributed by atoms with Gasteiger partial charge in [-0.3, -0.25) is 4.79 Å². The van der Waals surface area contributed by atoms with Crippen molar-refractivity contribution in [2.45, 2.75) is 24.8 Å². The first kappa shape index (κ1) is 22.3. The number of carbonyl (C=O) groups excluding carboxylic acids is 1. The Hall–Kier alpha value is -3.49. The predicted molar refractivity (Wildman–Crippen MR) is 132 cm³/mol. The fraction of sp³-hybridized carbons (Fsp3) is 0.345. The predicted octanol–water partition coefficient (Wildman–Crippen LogP) is 4.45. The number of benzene rings is 2. The van der Waals surface area contributed by atoms with Crippen LogP contribution in [0.3, 0.4) is 0 Å². The van der Waals surface area contributed by atoms with Gasteiger partial charge in [0.25, 0.3) is 5.91 Å². The highest BCUT2D eigenvalue weighted by molar-refractivity contribution is 5.91. The lowest BCUT2D eigenvalue weighted by atomic mass is 9.74. The van der Waals surface area contributed by atoms with E-state index in [0.29, 0.717) is 31.2 Å². The van der Waals surface area contributed by atoms with Gasteiger partial charge >= 0.3 is 0 Å². The van der Waals surface area contributed by atoms with Crippen LogP contribution in [0.1, 0.15) is 45.8 Å². The molecule has 2 aliphatic heterocycles. The molecule has 1 amide bonds. The van der Waals surface area contributed by atoms with Gasteiger partial charge in [0.05, 0.1) is 27.7 Å². The van der Waals surface area contributed by atoms with E-state index < -0.39 is 0 Å². The number of likely N-dealkylation sites (tertiary alicyclic amines) is 1. The van der Waals surface area contributed by atoms with Crippen molar-refractivity contribution in [3.63, 3.8) is 0 Å². The molecule has 0 atom stereocenters. The number of fused-ring (bicyclic) bond motifs is 2. The van der Waals surface area contributed by atoms with Gasteiger partial charge in [-0.25, -0.2) is 0 Å². The molecule has 3 heterocycles. The molecule has 3 aromatic rings. The second kappa shape index (κ2) is 8.70. The smallest absolute Gasteiger partial charge is 0.289 e. The summed E-state index contributed by atoms with van der Waals surface area (Å²) in [5.41, 5.74) is 3.54. The Morgan fingerprint density at radius 2 is 1.76 bits per heavy atom. The van der Waals surface area contributed by atoms with Gasteiger partial charge in [0.2, 0.25) is 0 Å². The molecule has 5 rings (SSSR count). The summed E-state index contributed by atoms with van der Waals surface area (Å²) in [6.07, 6.45) is 1.78. The molecule has 1 spiro atoms. The Kier molecular flexibility index (Phi) is 5.71. The number of hydrogen-bond acceptors (Lipinski definition) is 3. The van der Waals surface area contributed by atoms with Crippen LogP contribution in [0.25, 0.3) is 0 Å². The standard InChI is InChI=1S/C29H31N2O3/c1-31(2,3)20-23-10-13-26-25(19-23)29(21-33-26)15-17-30(18-16-29)28(32)27-14-12-24(34-27)11-9-22-7-5-4-6-8-22/h4-8,10,12-14,19H,15-18,20-21H2,1-3H3/q+1. The van der Waals surface area contributed by atoms with Crippen LogP contribution in [-0.4, -0.2) is 56.1 Å². The first-order valence-corrected chi connectivity index (χ1v) is 11.8. The summed E-state index contributed by atoms with van der Waals surface area (Å²) in [6, 6.07) is 19.9. The highest BCUT2D eigenvalue weighted by atomic mass is 16.5. The van der Waals surface area contributed by atoms with Crippen LogP contribution in [0.5, 0.6) is 5.75 Å². The SMILES string of the molecule is C[N+](C)(C)Cc1ccc2c(c1)C1(CCN(C(=O)c3ccc(C#Cc4ccccc4)o3)CC1)CO2. The Bertz CT molecular complexity index is 1250. The van der Waals surface area contributed by atoms with E-state index in [9.17, 15) is 4.79 Å². The van der Waals surface area contributed by atoms with Gasteiger partial charge in [-0.1, -0.05) is 24.1 Å². The first-order valence-electron chi connectivity index (χ1n) is 11.8. The molecule has 5 nitrogen and oxygen atoms in total. The zero-order chi connectivity index (χ0) is 23.8. The van der Waals surface area contributed by atoms with Crippen LogP contribution >= 0.6 is 0 Å². The molecule has 1 saturated heterocycles. The quantitative estimate of drug-likeness (QED) is 0.433. The molecule has 2 aromatic carbocycles. The summed E-state index contributed by atoms with van der Waals surface area (Å²) in [4.78, 5) is 15.0. The van der Waals surface area contributed by atoms with Crippen molar-refractivity contribution in [3.05, 3.63) is 88.9 Å². The van der Waals surface area contributed by atoms with Gasteiger partial charge in [-0.15, -0.1) is 0 Å². The molecular weight excluding hydrogens is 424 g/mol. The second-order valence-electron chi connectivity index (χ2n) is 10.4. The van der Waals surface area contributed by atoms with E-state index in [1.54, 1.807) is 12.1 Å². The van der Waals surface area contributed by atoms with Crippen molar-refractivity contribution in [1.29, 1.82) is 0 Å². The third-order valence-electron chi connectivity index (χ3n) is 6.70. The maximum Gasteiger partial charge on any atom is 0.289 e. The summed E-state index contributed by atoms with van der Waals surface area (Å²) in [7, 11) is 6.62. The molecular formula is C29H31N2O3+. The number of carbonyl (C=O) groups is 1. The lowest BCUT2D eigenvalue weighted by molar-refractivity contribution is -0.884. The number of furan rings is 1. The Balaban J connectivity index is 1.26. The molecule has 0 aliphatic carbocycles. The summed E-state index contributed by atoms with van der Waals surface area (Å²) >= 11 is 0. The number of hydrogen-bond donors (Lipinski definition) is 0. The normalized spacial score (nSPS) is 16.5. The van der Waals surface area contributed by atoms with Crippen LogP contribution in [-0.2, 0) is 12.0 Å². The minimum absolute atomic E-state index is 0.0114. The molecule has 0 unspecified atom stereocenters. The maximum atomic E-state index is 13.1. The van der Waals surface area contributed by atoms with Crippen LogP contribution < -0.4 is 4.74 Å². The van der Waals surface area contributed by atoms with Gasteiger partial charge in [-0.05, 0) is 61.2 Å². The molecule has 1 fully saturated rings. The minimum Gasteiger partial charge on any atom is -0.492 e. The number of nitrogens with zero attached hydrogens (tertiary/aromatic N) is 2. The lowest BCUT2D eigenvalue weighted by Crippen LogP contribution is -2.46. The number of quaternary nitrogens is 1. The van der Waals surface area contributed by atoms with Crippen molar-refractivity contribution in [1.82, 2.24) is 4.90 Å². The van der Waals surface area contributed by atoms with Gasteiger partial charge in [0.1, 0.15) is 12.3 Å². The monoisotopic (exact) mass is 455 g/mol. The molecule has 174 valence electrons. The van der Waals surface area contributed by atoms with Crippen LogP contribution in [0.4, 0.5) is 0 Å². The van der Waals surface area contributed by atoms with E-state index in [4.69, 9.17) is 9.15 Å². The topological polar surface area (TPSA) is 42.7 Å². The largest absolute Gasteiger partial charge is 0.492 e. The second-order valence-corrected chi connectivity index (χ2v) is 10.4. The van der Waals surface area contributed by atoms with Crippen molar-refractivity contribution in [2.75, 3.05) is 40.8 Å². The molecule has 0 saturated carbocycles. The highest BCUT2D eigenvalue weighted by Crippen LogP contribution is 2.46. The Labute approximate surface area is 201 Å². The zero-order valence-corrected chi connectivity index (χ0v) is 20.1. The first-order chi connectivity index (χ1) is 16.3. The lowest BCUT2D eigenvalue weighted by Gasteiger charge is -2.38. The Morgan fingerprint density at radius 1 is 1.00 bits per heavy atom. The van der Waals surface area contributed by atoms with Crippen LogP contribution in [0.2, 0.25) is 0 Å².